The summed E-state index contributed by atoms with van der Waals surface area (Å²) in [6, 6.07) is 7.81. The van der Waals surface area contributed by atoms with E-state index < -0.39 is 18.4 Å². The molecule has 0 saturated carbocycles. The number of halogens is 3. The van der Waals surface area contributed by atoms with E-state index >= 15 is 0 Å². The summed E-state index contributed by atoms with van der Waals surface area (Å²) >= 11 is 0. The molecular formula is C20H21F3N4O. The lowest BCUT2D eigenvalue weighted by Gasteiger charge is -2.37. The number of aryl methyl sites for hydroxylation is 1. The first-order chi connectivity index (χ1) is 13.3. The Kier molecular flexibility index (Phi) is 4.84. The van der Waals surface area contributed by atoms with Gasteiger partial charge in [-0.25, -0.2) is 0 Å². The minimum Gasteiger partial charge on any atom is -0.363 e. The maximum absolute atomic E-state index is 13.1. The molecule has 0 radical (unpaired) electrons. The topological polar surface area (TPSA) is 43.2 Å². The van der Waals surface area contributed by atoms with Crippen molar-refractivity contribution in [3.63, 3.8) is 0 Å². The van der Waals surface area contributed by atoms with Crippen LogP contribution >= 0.6 is 0 Å². The summed E-state index contributed by atoms with van der Waals surface area (Å²) in [5.74, 6) is 0. The van der Waals surface area contributed by atoms with E-state index in [2.05, 4.69) is 10.1 Å². The zero-order valence-corrected chi connectivity index (χ0v) is 15.6. The Morgan fingerprint density at radius 2 is 2.04 bits per heavy atom. The van der Waals surface area contributed by atoms with E-state index in [0.717, 1.165) is 27.6 Å². The second-order valence-electron chi connectivity index (χ2n) is 7.28. The number of ether oxygens (including phenoxy) is 1. The molecule has 0 bridgehead atoms. The van der Waals surface area contributed by atoms with E-state index in [-0.39, 0.29) is 6.54 Å². The number of hydrogen-bond acceptors (Lipinski definition) is 4. The maximum Gasteiger partial charge on any atom is 0.415 e. The molecule has 0 spiro atoms. The summed E-state index contributed by atoms with van der Waals surface area (Å²) in [5, 5.41) is 5.20. The Labute approximate surface area is 160 Å². The van der Waals surface area contributed by atoms with Gasteiger partial charge in [0.15, 0.2) is 6.10 Å². The Morgan fingerprint density at radius 1 is 1.21 bits per heavy atom. The normalized spacial score (nSPS) is 21.3. The molecule has 2 atom stereocenters. The van der Waals surface area contributed by atoms with Crippen molar-refractivity contribution in [2.45, 2.75) is 31.9 Å². The molecule has 1 aromatic carbocycles. The highest BCUT2D eigenvalue weighted by Gasteiger charge is 2.44. The number of morpholine rings is 1. The number of pyridine rings is 1. The van der Waals surface area contributed by atoms with Gasteiger partial charge >= 0.3 is 6.18 Å². The van der Waals surface area contributed by atoms with Gasteiger partial charge in [-0.15, -0.1) is 0 Å². The van der Waals surface area contributed by atoms with E-state index in [1.165, 1.54) is 0 Å². The lowest BCUT2D eigenvalue weighted by atomic mass is 10.0. The number of rotatable bonds is 3. The molecule has 5 nitrogen and oxygen atoms in total. The summed E-state index contributed by atoms with van der Waals surface area (Å²) in [7, 11) is 1.86. The number of nitrogens with zero attached hydrogens (tertiary/aromatic N) is 4. The molecule has 3 heterocycles. The van der Waals surface area contributed by atoms with Gasteiger partial charge in [-0.2, -0.15) is 18.3 Å². The average Bonchev–Trinajstić information content (AvgIpc) is 3.06. The second-order valence-corrected chi connectivity index (χ2v) is 7.28. The number of alkyl halides is 3. The zero-order chi connectivity index (χ0) is 19.9. The number of benzene rings is 1. The van der Waals surface area contributed by atoms with E-state index in [1.807, 2.05) is 37.5 Å². The van der Waals surface area contributed by atoms with Crippen LogP contribution in [0.4, 0.5) is 13.2 Å². The van der Waals surface area contributed by atoms with Gasteiger partial charge in [0.25, 0.3) is 0 Å². The third-order valence-electron chi connectivity index (χ3n) is 4.93. The number of fused-ring (bicyclic) bond motifs is 1. The summed E-state index contributed by atoms with van der Waals surface area (Å²) in [4.78, 5) is 6.24. The summed E-state index contributed by atoms with van der Waals surface area (Å²) < 4.78 is 46.0. The fraction of sp³-hybridized carbons (Fsp3) is 0.400. The highest BCUT2D eigenvalue weighted by molar-refractivity contribution is 5.94. The maximum atomic E-state index is 13.1. The largest absolute Gasteiger partial charge is 0.415 e. The van der Waals surface area contributed by atoms with Crippen LogP contribution in [-0.2, 0) is 18.3 Å². The predicted molar refractivity (Wildman–Crippen MR) is 99.6 cm³/mol. The van der Waals surface area contributed by atoms with Gasteiger partial charge in [-0.3, -0.25) is 14.6 Å². The van der Waals surface area contributed by atoms with Crippen LogP contribution in [0.25, 0.3) is 22.0 Å². The lowest BCUT2D eigenvalue weighted by molar-refractivity contribution is -0.252. The molecule has 1 aliphatic rings. The standard InChI is InChI=1S/C20H21F3N4O/c1-13-9-27(12-19(28-13)20(21,22)23)10-14-3-4-17-16(5-6-24-18(17)7-14)15-8-25-26(2)11-15/h3-8,11,13,19H,9-10,12H2,1-2H3/t13-,19-/m0/s1. The van der Waals surface area contributed by atoms with Gasteiger partial charge in [-0.05, 0) is 30.2 Å². The molecule has 1 saturated heterocycles. The summed E-state index contributed by atoms with van der Waals surface area (Å²) in [5.41, 5.74) is 3.77. The van der Waals surface area contributed by atoms with Gasteiger partial charge in [-0.1, -0.05) is 12.1 Å². The molecule has 148 valence electrons. The Balaban J connectivity index is 1.58. The molecule has 0 unspecified atom stereocenters. The summed E-state index contributed by atoms with van der Waals surface area (Å²) in [6.45, 7) is 2.41. The van der Waals surface area contributed by atoms with Crippen LogP contribution in [0, 0.1) is 0 Å². The van der Waals surface area contributed by atoms with Crippen LogP contribution in [0.2, 0.25) is 0 Å². The van der Waals surface area contributed by atoms with E-state index in [0.29, 0.717) is 13.1 Å². The second kappa shape index (κ2) is 7.18. The van der Waals surface area contributed by atoms with Crippen molar-refractivity contribution < 1.29 is 17.9 Å². The first-order valence-corrected chi connectivity index (χ1v) is 9.11. The molecule has 0 N–H and O–H groups in total. The molecule has 4 rings (SSSR count). The minimum atomic E-state index is -4.35. The van der Waals surface area contributed by atoms with Gasteiger partial charge in [0.2, 0.25) is 0 Å². The molecule has 28 heavy (non-hydrogen) atoms. The Bertz CT molecular complexity index is 985. The number of aromatic nitrogens is 3. The van der Waals surface area contributed by atoms with E-state index in [4.69, 9.17) is 4.74 Å². The van der Waals surface area contributed by atoms with Crippen LogP contribution in [0.3, 0.4) is 0 Å². The van der Waals surface area contributed by atoms with Crippen LogP contribution in [0.1, 0.15) is 12.5 Å². The molecule has 2 aromatic heterocycles. The van der Waals surface area contributed by atoms with Crippen molar-refractivity contribution in [1.82, 2.24) is 19.7 Å². The Hall–Kier alpha value is -2.45. The fourth-order valence-electron chi connectivity index (χ4n) is 3.71. The van der Waals surface area contributed by atoms with Crippen LogP contribution in [-0.4, -0.2) is 51.1 Å². The van der Waals surface area contributed by atoms with Crippen molar-refractivity contribution in [3.05, 3.63) is 48.4 Å². The first-order valence-electron chi connectivity index (χ1n) is 9.11. The van der Waals surface area contributed by atoms with Crippen molar-refractivity contribution >= 4 is 10.9 Å². The lowest BCUT2D eigenvalue weighted by Crippen LogP contribution is -2.51. The monoisotopic (exact) mass is 390 g/mol. The molecule has 1 aliphatic heterocycles. The van der Waals surface area contributed by atoms with Gasteiger partial charge in [0.1, 0.15) is 0 Å². The molecule has 0 amide bonds. The highest BCUT2D eigenvalue weighted by atomic mass is 19.4. The molecule has 3 aromatic rings. The Morgan fingerprint density at radius 3 is 2.75 bits per heavy atom. The SMILES string of the molecule is C[C@H]1CN(Cc2ccc3c(-c4cnn(C)c4)ccnc3c2)C[C@@H](C(F)(F)F)O1. The van der Waals surface area contributed by atoms with Gasteiger partial charge in [0.05, 0.1) is 17.8 Å². The summed E-state index contributed by atoms with van der Waals surface area (Å²) in [6.07, 6.45) is -1.07. The van der Waals surface area contributed by atoms with Crippen LogP contribution < -0.4 is 0 Å². The van der Waals surface area contributed by atoms with Crippen molar-refractivity contribution in [1.29, 1.82) is 0 Å². The van der Waals surface area contributed by atoms with Gasteiger partial charge in [0, 0.05) is 50.0 Å². The molecule has 1 fully saturated rings. The quantitative estimate of drug-likeness (QED) is 0.683. The molecule has 0 aliphatic carbocycles. The highest BCUT2D eigenvalue weighted by Crippen LogP contribution is 2.30. The first kappa shape index (κ1) is 18.9. The third-order valence-corrected chi connectivity index (χ3v) is 4.93. The number of hydrogen-bond donors (Lipinski definition) is 0. The predicted octanol–water partition coefficient (Wildman–Crippen LogP) is 3.79. The molecular weight excluding hydrogens is 369 g/mol. The smallest absolute Gasteiger partial charge is 0.363 e. The van der Waals surface area contributed by atoms with E-state index in [1.54, 1.807) is 28.9 Å². The van der Waals surface area contributed by atoms with Gasteiger partial charge < -0.3 is 4.74 Å². The van der Waals surface area contributed by atoms with Crippen molar-refractivity contribution in [3.8, 4) is 11.1 Å². The molecule has 8 heteroatoms. The van der Waals surface area contributed by atoms with E-state index in [9.17, 15) is 13.2 Å². The van der Waals surface area contributed by atoms with Crippen LogP contribution in [0.5, 0.6) is 0 Å². The third kappa shape index (κ3) is 3.88. The minimum absolute atomic E-state index is 0.158. The zero-order valence-electron chi connectivity index (χ0n) is 15.6. The van der Waals surface area contributed by atoms with Crippen molar-refractivity contribution in [2.24, 2.45) is 7.05 Å². The van der Waals surface area contributed by atoms with Crippen LogP contribution in [0.15, 0.2) is 42.9 Å². The van der Waals surface area contributed by atoms with Crippen molar-refractivity contribution in [2.75, 3.05) is 13.1 Å². The average molecular weight is 390 g/mol. The fourth-order valence-corrected chi connectivity index (χ4v) is 3.71.